The molecule has 0 aromatic heterocycles. The zero-order valence-electron chi connectivity index (χ0n) is 14.2. The van der Waals surface area contributed by atoms with Crippen LogP contribution in [0.5, 0.6) is 0 Å². The summed E-state index contributed by atoms with van der Waals surface area (Å²) in [7, 11) is 1.30. The Hall–Kier alpha value is -3.23. The van der Waals surface area contributed by atoms with Crippen molar-refractivity contribution in [1.82, 2.24) is 14.9 Å². The average Bonchev–Trinajstić information content (AvgIpc) is 2.80. The van der Waals surface area contributed by atoms with Gasteiger partial charge in [-0.1, -0.05) is 12.1 Å². The van der Waals surface area contributed by atoms with E-state index in [1.807, 2.05) is 0 Å². The number of carboxylic acid groups (broad SMARTS) is 1. The minimum absolute atomic E-state index is 0.0592. The van der Waals surface area contributed by atoms with Gasteiger partial charge in [0.1, 0.15) is 12.1 Å². The summed E-state index contributed by atoms with van der Waals surface area (Å²) in [5.41, 5.74) is 0.374. The molecule has 1 aromatic carbocycles. The molecule has 2 aliphatic rings. The first kappa shape index (κ1) is 17.6. The third-order valence-electron chi connectivity index (χ3n) is 4.69. The van der Waals surface area contributed by atoms with Gasteiger partial charge in [0.05, 0.1) is 11.1 Å². The molecule has 9 heteroatoms. The normalized spacial score (nSPS) is 21.8. The van der Waals surface area contributed by atoms with Crippen LogP contribution in [0.15, 0.2) is 24.3 Å². The van der Waals surface area contributed by atoms with E-state index in [0.717, 1.165) is 14.9 Å². The van der Waals surface area contributed by atoms with Gasteiger partial charge < -0.3 is 5.11 Å². The number of nitrogens with zero attached hydrogens (tertiary/aromatic N) is 3. The lowest BCUT2D eigenvalue weighted by molar-refractivity contribution is -0.171. The van der Waals surface area contributed by atoms with Crippen molar-refractivity contribution in [2.45, 2.75) is 31.8 Å². The molecule has 2 heterocycles. The van der Waals surface area contributed by atoms with Gasteiger partial charge in [0, 0.05) is 13.5 Å². The number of carbonyl (C=O) groups is 5. The van der Waals surface area contributed by atoms with E-state index in [4.69, 9.17) is 0 Å². The van der Waals surface area contributed by atoms with Crippen LogP contribution >= 0.6 is 0 Å². The van der Waals surface area contributed by atoms with E-state index < -0.39 is 41.7 Å². The fraction of sp³-hybridized carbons (Fsp3) is 0.353. The van der Waals surface area contributed by atoms with Crippen LogP contribution in [0.1, 0.15) is 40.5 Å². The molecule has 0 aliphatic carbocycles. The highest BCUT2D eigenvalue weighted by Gasteiger charge is 2.47. The van der Waals surface area contributed by atoms with E-state index in [9.17, 15) is 29.1 Å². The van der Waals surface area contributed by atoms with Crippen molar-refractivity contribution in [2.24, 2.45) is 0 Å². The van der Waals surface area contributed by atoms with Gasteiger partial charge in [-0.05, 0) is 25.5 Å². The van der Waals surface area contributed by atoms with E-state index in [0.29, 0.717) is 0 Å². The summed E-state index contributed by atoms with van der Waals surface area (Å²) in [5.74, 6) is -3.79. The highest BCUT2D eigenvalue weighted by Crippen LogP contribution is 2.29. The fourth-order valence-corrected chi connectivity index (χ4v) is 3.25. The maximum absolute atomic E-state index is 13.0. The first-order valence-corrected chi connectivity index (χ1v) is 8.05. The largest absolute Gasteiger partial charge is 0.480 e. The number of hydrogen-bond acceptors (Lipinski definition) is 5. The molecule has 136 valence electrons. The molecular weight excluding hydrogens is 342 g/mol. The van der Waals surface area contributed by atoms with E-state index in [1.165, 1.54) is 26.1 Å². The number of hydrogen-bond donors (Lipinski definition) is 1. The Kier molecular flexibility index (Phi) is 4.23. The number of fused-ring (bicyclic) bond motifs is 1. The molecule has 1 saturated heterocycles. The first-order valence-electron chi connectivity index (χ1n) is 8.05. The number of aliphatic carboxylic acids is 1. The third kappa shape index (κ3) is 2.52. The SMILES string of the molecule is CC(C(=O)O)N1C(=O)C(N2C(=O)c3ccccc3C2=O)CCC(=O)N1C. The van der Waals surface area contributed by atoms with Gasteiger partial charge in [-0.25, -0.2) is 9.80 Å². The highest BCUT2D eigenvalue weighted by atomic mass is 16.4. The lowest BCUT2D eigenvalue weighted by Gasteiger charge is -2.35. The van der Waals surface area contributed by atoms with Crippen LogP contribution in [0, 0.1) is 0 Å². The molecule has 2 aliphatic heterocycles. The molecule has 3 rings (SSSR count). The number of carboxylic acids is 1. The van der Waals surface area contributed by atoms with Gasteiger partial charge in [-0.15, -0.1) is 0 Å². The lowest BCUT2D eigenvalue weighted by atomic mass is 10.1. The van der Waals surface area contributed by atoms with Gasteiger partial charge >= 0.3 is 5.97 Å². The Balaban J connectivity index is 2.01. The standard InChI is InChI=1S/C17H17N3O6/c1-9(17(25)26)20-16(24)12(7-8-13(21)18(20)2)19-14(22)10-5-3-4-6-11(10)15(19)23/h3-6,9,12H,7-8H2,1-2H3,(H,25,26). The molecule has 1 fully saturated rings. The van der Waals surface area contributed by atoms with E-state index >= 15 is 0 Å². The van der Waals surface area contributed by atoms with Crippen LogP contribution in [0.2, 0.25) is 0 Å². The second-order valence-corrected chi connectivity index (χ2v) is 6.19. The van der Waals surface area contributed by atoms with Gasteiger partial charge in [0.2, 0.25) is 5.91 Å². The van der Waals surface area contributed by atoms with Crippen LogP contribution in [0.3, 0.4) is 0 Å². The Morgan fingerprint density at radius 3 is 2.15 bits per heavy atom. The number of hydrazine groups is 1. The third-order valence-corrected chi connectivity index (χ3v) is 4.69. The fourth-order valence-electron chi connectivity index (χ4n) is 3.25. The van der Waals surface area contributed by atoms with Crippen LogP contribution in [-0.4, -0.2) is 68.8 Å². The van der Waals surface area contributed by atoms with E-state index in [2.05, 4.69) is 0 Å². The van der Waals surface area contributed by atoms with Gasteiger partial charge in [-0.3, -0.25) is 29.1 Å². The van der Waals surface area contributed by atoms with Gasteiger partial charge in [-0.2, -0.15) is 0 Å². The molecule has 0 radical (unpaired) electrons. The van der Waals surface area contributed by atoms with Crippen LogP contribution in [-0.2, 0) is 14.4 Å². The quantitative estimate of drug-likeness (QED) is 0.767. The predicted octanol–water partition coefficient (Wildman–Crippen LogP) is 0.120. The Morgan fingerprint density at radius 1 is 1.12 bits per heavy atom. The molecule has 9 nitrogen and oxygen atoms in total. The van der Waals surface area contributed by atoms with Gasteiger partial charge in [0.15, 0.2) is 0 Å². The summed E-state index contributed by atoms with van der Waals surface area (Å²) in [4.78, 5) is 62.7. The van der Waals surface area contributed by atoms with Crippen molar-refractivity contribution in [3.05, 3.63) is 35.4 Å². The Morgan fingerprint density at radius 2 is 1.65 bits per heavy atom. The van der Waals surface area contributed by atoms with Crippen molar-refractivity contribution in [3.8, 4) is 0 Å². The topological polar surface area (TPSA) is 115 Å². The van der Waals surface area contributed by atoms with Crippen molar-refractivity contribution < 1.29 is 29.1 Å². The molecule has 2 atom stereocenters. The van der Waals surface area contributed by atoms with E-state index in [-0.39, 0.29) is 24.0 Å². The van der Waals surface area contributed by atoms with Crippen LogP contribution < -0.4 is 0 Å². The summed E-state index contributed by atoms with van der Waals surface area (Å²) in [5, 5.41) is 11.0. The number of carbonyl (C=O) groups excluding carboxylic acids is 4. The summed E-state index contributed by atoms with van der Waals surface area (Å²) in [6, 6.07) is 3.64. The van der Waals surface area contributed by atoms with Crippen molar-refractivity contribution in [3.63, 3.8) is 0 Å². The average molecular weight is 359 g/mol. The van der Waals surface area contributed by atoms with Crippen LogP contribution in [0.25, 0.3) is 0 Å². The van der Waals surface area contributed by atoms with Crippen molar-refractivity contribution in [2.75, 3.05) is 7.05 Å². The second-order valence-electron chi connectivity index (χ2n) is 6.19. The maximum Gasteiger partial charge on any atom is 0.328 e. The smallest absolute Gasteiger partial charge is 0.328 e. The molecule has 0 spiro atoms. The monoisotopic (exact) mass is 359 g/mol. The van der Waals surface area contributed by atoms with Gasteiger partial charge in [0.25, 0.3) is 17.7 Å². The molecule has 1 aromatic rings. The molecular formula is C17H17N3O6. The molecule has 26 heavy (non-hydrogen) atoms. The highest BCUT2D eigenvalue weighted by molar-refractivity contribution is 6.23. The minimum atomic E-state index is -1.33. The first-order chi connectivity index (χ1) is 12.3. The molecule has 1 N–H and O–H groups in total. The summed E-state index contributed by atoms with van der Waals surface area (Å²) in [6.45, 7) is 1.26. The second kappa shape index (κ2) is 6.25. The van der Waals surface area contributed by atoms with Crippen molar-refractivity contribution >= 4 is 29.6 Å². The summed E-state index contributed by atoms with van der Waals surface area (Å²) in [6.07, 6.45) is -0.153. The van der Waals surface area contributed by atoms with Crippen molar-refractivity contribution in [1.29, 1.82) is 0 Å². The lowest BCUT2D eigenvalue weighted by Crippen LogP contribution is -2.58. The zero-order chi connectivity index (χ0) is 19.2. The predicted molar refractivity (Wildman–Crippen MR) is 86.7 cm³/mol. The molecule has 0 saturated carbocycles. The van der Waals surface area contributed by atoms with E-state index in [1.54, 1.807) is 12.1 Å². The minimum Gasteiger partial charge on any atom is -0.480 e. The maximum atomic E-state index is 13.0. The number of amides is 4. The Bertz CT molecular complexity index is 801. The summed E-state index contributed by atoms with van der Waals surface area (Å²) < 4.78 is 0. The number of rotatable bonds is 3. The molecule has 2 unspecified atom stereocenters. The van der Waals surface area contributed by atoms with Crippen LogP contribution in [0.4, 0.5) is 0 Å². The zero-order valence-corrected chi connectivity index (χ0v) is 14.2. The molecule has 0 bridgehead atoms. The summed E-state index contributed by atoms with van der Waals surface area (Å²) >= 11 is 0. The number of imide groups is 1. The Labute approximate surface area is 148 Å². The molecule has 4 amide bonds. The number of benzene rings is 1.